The Kier molecular flexibility index (Phi) is 9.50. The molecule has 1 unspecified atom stereocenters. The van der Waals surface area contributed by atoms with E-state index in [4.69, 9.17) is 21.7 Å². The highest BCUT2D eigenvalue weighted by molar-refractivity contribution is 7.80. The maximum Gasteiger partial charge on any atom is 0.326 e. The topological polar surface area (TPSA) is 100 Å². The van der Waals surface area contributed by atoms with Crippen LogP contribution in [0.5, 0.6) is 11.5 Å². The number of carboxylic acid groups (broad SMARTS) is 1. The number of carbonyl (C=O) groups excluding carboxylic acids is 1. The molecule has 0 fully saturated rings. The lowest BCUT2D eigenvalue weighted by atomic mass is 10.0. The van der Waals surface area contributed by atoms with E-state index in [0.717, 1.165) is 5.56 Å². The molecule has 0 heterocycles. The van der Waals surface area contributed by atoms with Crippen LogP contribution < -0.4 is 20.1 Å². The Balaban J connectivity index is 2.52. The van der Waals surface area contributed by atoms with Crippen LogP contribution in [0.1, 0.15) is 25.8 Å². The van der Waals surface area contributed by atoms with Crippen molar-refractivity contribution in [3.8, 4) is 11.5 Å². The molecule has 0 aliphatic heterocycles. The van der Waals surface area contributed by atoms with Crippen molar-refractivity contribution < 1.29 is 24.2 Å². The van der Waals surface area contributed by atoms with E-state index < -0.39 is 12.0 Å². The van der Waals surface area contributed by atoms with Gasteiger partial charge in [-0.3, -0.25) is 4.79 Å². The second kappa shape index (κ2) is 11.3. The zero-order valence-electron chi connectivity index (χ0n) is 16.9. The summed E-state index contributed by atoms with van der Waals surface area (Å²) < 4.78 is 10.7. The molecular formula is C19H29N3O5S. The molecule has 0 bridgehead atoms. The number of likely N-dealkylation sites (N-methyl/N-ethyl adjacent to an activating group) is 1. The van der Waals surface area contributed by atoms with Crippen LogP contribution >= 0.6 is 12.2 Å². The molecule has 28 heavy (non-hydrogen) atoms. The van der Waals surface area contributed by atoms with E-state index in [2.05, 4.69) is 10.6 Å². The van der Waals surface area contributed by atoms with E-state index in [9.17, 15) is 14.7 Å². The third-order valence-electron chi connectivity index (χ3n) is 4.28. The van der Waals surface area contributed by atoms with Crippen molar-refractivity contribution in [1.29, 1.82) is 0 Å². The van der Waals surface area contributed by atoms with Gasteiger partial charge in [-0.15, -0.1) is 0 Å². The lowest BCUT2D eigenvalue weighted by Crippen LogP contribution is -2.46. The van der Waals surface area contributed by atoms with Crippen LogP contribution in [0.3, 0.4) is 0 Å². The highest BCUT2D eigenvalue weighted by atomic mass is 32.1. The molecule has 1 atom stereocenters. The Hall–Kier alpha value is -2.55. The summed E-state index contributed by atoms with van der Waals surface area (Å²) in [5.74, 6) is -0.0952. The molecule has 9 heteroatoms. The lowest BCUT2D eigenvalue weighted by molar-refractivity contribution is -0.150. The molecule has 0 saturated carbocycles. The largest absolute Gasteiger partial charge is 0.496 e. The number of aliphatic carboxylic acids is 1. The average molecular weight is 412 g/mol. The fourth-order valence-corrected chi connectivity index (χ4v) is 3.02. The van der Waals surface area contributed by atoms with Gasteiger partial charge in [-0.25, -0.2) is 4.79 Å². The number of carboxylic acids is 1. The Morgan fingerprint density at radius 1 is 1.18 bits per heavy atom. The minimum absolute atomic E-state index is 0.132. The third kappa shape index (κ3) is 6.56. The number of nitrogens with zero attached hydrogens (tertiary/aromatic N) is 1. The fourth-order valence-electron chi connectivity index (χ4n) is 2.85. The van der Waals surface area contributed by atoms with Crippen LogP contribution in [-0.4, -0.2) is 60.8 Å². The smallest absolute Gasteiger partial charge is 0.326 e. The monoisotopic (exact) mass is 411 g/mol. The van der Waals surface area contributed by atoms with E-state index in [1.807, 2.05) is 18.2 Å². The molecule has 1 rings (SSSR count). The van der Waals surface area contributed by atoms with Crippen molar-refractivity contribution in [3.05, 3.63) is 23.8 Å². The van der Waals surface area contributed by atoms with Gasteiger partial charge in [0.15, 0.2) is 5.11 Å². The first-order valence-electron chi connectivity index (χ1n) is 8.92. The zero-order valence-corrected chi connectivity index (χ0v) is 17.8. The Labute approximate surface area is 171 Å². The molecule has 0 radical (unpaired) electrons. The van der Waals surface area contributed by atoms with Crippen LogP contribution in [0, 0.1) is 5.92 Å². The van der Waals surface area contributed by atoms with E-state index in [1.54, 1.807) is 28.1 Å². The fraction of sp³-hybridized carbons (Fsp3) is 0.526. The van der Waals surface area contributed by atoms with Crippen LogP contribution in [-0.2, 0) is 16.1 Å². The van der Waals surface area contributed by atoms with Crippen LogP contribution in [0.4, 0.5) is 0 Å². The molecule has 0 aliphatic rings. The summed E-state index contributed by atoms with van der Waals surface area (Å²) >= 11 is 5.24. The minimum Gasteiger partial charge on any atom is -0.496 e. The summed E-state index contributed by atoms with van der Waals surface area (Å²) in [6.45, 7) is 4.22. The molecule has 0 aliphatic carbocycles. The molecule has 0 saturated heterocycles. The van der Waals surface area contributed by atoms with E-state index in [0.29, 0.717) is 29.7 Å². The standard InChI is InChI=1S/C19H29N3O5S/c1-12(2)17(18(24)25)22(3)16(23)9-10-20-19(28)21-11-13-14(26-4)7-6-8-15(13)27-5/h6-8,12,17H,9-11H2,1-5H3,(H,24,25)(H2,20,21,28). The number of nitrogens with one attached hydrogen (secondary N) is 2. The number of methoxy groups -OCH3 is 2. The molecule has 8 nitrogen and oxygen atoms in total. The first-order chi connectivity index (χ1) is 13.2. The lowest BCUT2D eigenvalue weighted by Gasteiger charge is -2.27. The van der Waals surface area contributed by atoms with Crippen molar-refractivity contribution in [3.63, 3.8) is 0 Å². The van der Waals surface area contributed by atoms with E-state index >= 15 is 0 Å². The van der Waals surface area contributed by atoms with Gasteiger partial charge in [0.1, 0.15) is 17.5 Å². The number of rotatable bonds is 10. The first-order valence-corrected chi connectivity index (χ1v) is 9.33. The molecule has 1 aromatic rings. The molecular weight excluding hydrogens is 382 g/mol. The van der Waals surface area contributed by atoms with Crippen molar-refractivity contribution in [1.82, 2.24) is 15.5 Å². The third-order valence-corrected chi connectivity index (χ3v) is 4.56. The second-order valence-electron chi connectivity index (χ2n) is 6.53. The summed E-state index contributed by atoms with van der Waals surface area (Å²) in [7, 11) is 4.67. The molecule has 1 aromatic carbocycles. The molecule has 3 N–H and O–H groups in total. The zero-order chi connectivity index (χ0) is 21.3. The van der Waals surface area contributed by atoms with Gasteiger partial charge in [0, 0.05) is 26.6 Å². The maximum absolute atomic E-state index is 12.2. The van der Waals surface area contributed by atoms with Gasteiger partial charge in [-0.05, 0) is 30.3 Å². The summed E-state index contributed by atoms with van der Waals surface area (Å²) in [5.41, 5.74) is 0.827. The number of hydrogen-bond acceptors (Lipinski definition) is 5. The Bertz CT molecular complexity index is 674. The normalized spacial score (nSPS) is 11.5. The van der Waals surface area contributed by atoms with Gasteiger partial charge in [-0.1, -0.05) is 19.9 Å². The number of carbonyl (C=O) groups is 2. The van der Waals surface area contributed by atoms with Crippen LogP contribution in [0.25, 0.3) is 0 Å². The molecule has 1 amide bonds. The van der Waals surface area contributed by atoms with E-state index in [1.165, 1.54) is 11.9 Å². The highest BCUT2D eigenvalue weighted by Gasteiger charge is 2.29. The summed E-state index contributed by atoms with van der Waals surface area (Å²) in [5, 5.41) is 15.7. The van der Waals surface area contributed by atoms with Crippen molar-refractivity contribution in [2.75, 3.05) is 27.8 Å². The van der Waals surface area contributed by atoms with Gasteiger partial charge < -0.3 is 30.1 Å². The van der Waals surface area contributed by atoms with Crippen LogP contribution in [0.15, 0.2) is 18.2 Å². The van der Waals surface area contributed by atoms with Crippen LogP contribution in [0.2, 0.25) is 0 Å². The molecule has 0 aromatic heterocycles. The van der Waals surface area contributed by atoms with Gasteiger partial charge in [0.25, 0.3) is 0 Å². The summed E-state index contributed by atoms with van der Waals surface area (Å²) in [6, 6.07) is 4.65. The quantitative estimate of drug-likeness (QED) is 0.500. The van der Waals surface area contributed by atoms with Gasteiger partial charge in [0.05, 0.1) is 19.8 Å². The number of thiocarbonyl (C=S) groups is 1. The minimum atomic E-state index is -1.01. The molecule has 0 spiro atoms. The number of ether oxygens (including phenoxy) is 2. The predicted octanol–water partition coefficient (Wildman–Crippen LogP) is 1.63. The predicted molar refractivity (Wildman–Crippen MR) is 111 cm³/mol. The Morgan fingerprint density at radius 2 is 1.75 bits per heavy atom. The Morgan fingerprint density at radius 3 is 2.21 bits per heavy atom. The maximum atomic E-state index is 12.2. The van der Waals surface area contributed by atoms with Crippen molar-refractivity contribution >= 4 is 29.2 Å². The first kappa shape index (κ1) is 23.5. The number of amides is 1. The van der Waals surface area contributed by atoms with Gasteiger partial charge in [-0.2, -0.15) is 0 Å². The van der Waals surface area contributed by atoms with E-state index in [-0.39, 0.29) is 18.2 Å². The molecule has 156 valence electrons. The summed E-state index contributed by atoms with van der Waals surface area (Å²) in [6.07, 6.45) is 0.132. The summed E-state index contributed by atoms with van der Waals surface area (Å²) in [4.78, 5) is 24.8. The second-order valence-corrected chi connectivity index (χ2v) is 6.94. The highest BCUT2D eigenvalue weighted by Crippen LogP contribution is 2.27. The van der Waals surface area contributed by atoms with Gasteiger partial charge >= 0.3 is 5.97 Å². The van der Waals surface area contributed by atoms with Crippen molar-refractivity contribution in [2.24, 2.45) is 5.92 Å². The van der Waals surface area contributed by atoms with Gasteiger partial charge in [0.2, 0.25) is 5.91 Å². The average Bonchev–Trinajstić information content (AvgIpc) is 2.65. The SMILES string of the molecule is COc1cccc(OC)c1CNC(=S)NCCC(=O)N(C)C(C(=O)O)C(C)C. The number of hydrogen-bond donors (Lipinski definition) is 3. The van der Waals surface area contributed by atoms with Crippen molar-refractivity contribution in [2.45, 2.75) is 32.9 Å². The number of benzene rings is 1.